The van der Waals surface area contributed by atoms with Crippen LogP contribution in [0.2, 0.25) is 0 Å². The van der Waals surface area contributed by atoms with E-state index in [-0.39, 0.29) is 24.2 Å². The average Bonchev–Trinajstić information content (AvgIpc) is 2.31. The summed E-state index contributed by atoms with van der Waals surface area (Å²) in [4.78, 5) is 33.7. The molecule has 0 aromatic rings. The Balaban J connectivity index is 4.19. The van der Waals surface area contributed by atoms with E-state index in [1.54, 1.807) is 4.72 Å². The summed E-state index contributed by atoms with van der Waals surface area (Å²) < 4.78 is 29.0. The van der Waals surface area contributed by atoms with Gasteiger partial charge in [0.2, 0.25) is 15.9 Å². The number of hydrogen-bond donors (Lipinski definition) is 2. The standard InChI is InChI=1S/C12H22N2O6S/c1-12(2,3)7-9(15)13-8-10(16)14-21(18,19)6-5-11(17)20-4/h5-8H2,1-4H3,(H,13,15)(H,14,16). The monoisotopic (exact) mass is 322 g/mol. The molecule has 0 aromatic carbocycles. The van der Waals surface area contributed by atoms with Crippen molar-refractivity contribution >= 4 is 27.8 Å². The smallest absolute Gasteiger partial charge is 0.306 e. The van der Waals surface area contributed by atoms with E-state index in [1.807, 2.05) is 20.8 Å². The SMILES string of the molecule is COC(=O)CCS(=O)(=O)NC(=O)CNC(=O)CC(C)(C)C. The van der Waals surface area contributed by atoms with E-state index in [1.165, 1.54) is 0 Å². The summed E-state index contributed by atoms with van der Waals surface area (Å²) in [6.07, 6.45) is -0.134. The van der Waals surface area contributed by atoms with Crippen LogP contribution in [-0.4, -0.2) is 45.6 Å². The molecule has 0 aliphatic heterocycles. The lowest BCUT2D eigenvalue weighted by atomic mass is 9.92. The number of rotatable bonds is 7. The Morgan fingerprint density at radius 1 is 1.10 bits per heavy atom. The minimum absolute atomic E-state index is 0.218. The van der Waals surface area contributed by atoms with E-state index in [2.05, 4.69) is 10.1 Å². The van der Waals surface area contributed by atoms with E-state index in [0.717, 1.165) is 7.11 Å². The van der Waals surface area contributed by atoms with Crippen molar-refractivity contribution < 1.29 is 27.5 Å². The molecule has 0 rings (SSSR count). The highest BCUT2D eigenvalue weighted by Gasteiger charge is 2.19. The summed E-state index contributed by atoms with van der Waals surface area (Å²) in [5.74, 6) is -2.44. The van der Waals surface area contributed by atoms with Gasteiger partial charge in [0.25, 0.3) is 5.91 Å². The van der Waals surface area contributed by atoms with Gasteiger partial charge in [-0.15, -0.1) is 0 Å². The van der Waals surface area contributed by atoms with Gasteiger partial charge in [-0.2, -0.15) is 0 Å². The lowest BCUT2D eigenvalue weighted by Crippen LogP contribution is -2.41. The first-order valence-electron chi connectivity index (χ1n) is 6.32. The Morgan fingerprint density at radius 3 is 2.14 bits per heavy atom. The van der Waals surface area contributed by atoms with Crippen molar-refractivity contribution in [3.8, 4) is 0 Å². The Kier molecular flexibility index (Phi) is 7.34. The van der Waals surface area contributed by atoms with Crippen LogP contribution in [0, 0.1) is 5.41 Å². The molecule has 0 radical (unpaired) electrons. The molecule has 0 aliphatic rings. The van der Waals surface area contributed by atoms with Gasteiger partial charge in [0.15, 0.2) is 0 Å². The molecule has 2 amide bonds. The van der Waals surface area contributed by atoms with Crippen molar-refractivity contribution in [1.82, 2.24) is 10.0 Å². The normalized spacial score (nSPS) is 11.6. The molecule has 0 spiro atoms. The first-order chi connectivity index (χ1) is 9.45. The third kappa shape index (κ3) is 10.8. The van der Waals surface area contributed by atoms with Crippen molar-refractivity contribution in [3.05, 3.63) is 0 Å². The van der Waals surface area contributed by atoms with E-state index in [9.17, 15) is 22.8 Å². The maximum absolute atomic E-state index is 11.5. The number of methoxy groups -OCH3 is 1. The molecule has 0 aliphatic carbocycles. The third-order valence-corrected chi connectivity index (χ3v) is 3.49. The summed E-state index contributed by atoms with van der Waals surface area (Å²) in [5, 5.41) is 2.33. The molecule has 0 bridgehead atoms. The van der Waals surface area contributed by atoms with E-state index >= 15 is 0 Å². The van der Waals surface area contributed by atoms with Crippen LogP contribution in [0.4, 0.5) is 0 Å². The molecule has 0 aromatic heterocycles. The number of carbonyl (C=O) groups is 3. The van der Waals surface area contributed by atoms with Gasteiger partial charge in [-0.25, -0.2) is 8.42 Å². The van der Waals surface area contributed by atoms with Crippen LogP contribution in [0.15, 0.2) is 0 Å². The number of amides is 2. The highest BCUT2D eigenvalue weighted by atomic mass is 32.2. The van der Waals surface area contributed by atoms with Gasteiger partial charge in [-0.3, -0.25) is 19.1 Å². The van der Waals surface area contributed by atoms with Crippen molar-refractivity contribution in [2.75, 3.05) is 19.4 Å². The Hall–Kier alpha value is -1.64. The van der Waals surface area contributed by atoms with Crippen molar-refractivity contribution in [1.29, 1.82) is 0 Å². The van der Waals surface area contributed by atoms with E-state index in [0.29, 0.717) is 0 Å². The van der Waals surface area contributed by atoms with Gasteiger partial charge in [-0.05, 0) is 5.41 Å². The van der Waals surface area contributed by atoms with E-state index in [4.69, 9.17) is 0 Å². The van der Waals surface area contributed by atoms with Gasteiger partial charge >= 0.3 is 5.97 Å². The van der Waals surface area contributed by atoms with Crippen molar-refractivity contribution in [2.24, 2.45) is 5.41 Å². The summed E-state index contributed by atoms with van der Waals surface area (Å²) >= 11 is 0. The Labute approximate surface area is 124 Å². The fraction of sp³-hybridized carbons (Fsp3) is 0.750. The second kappa shape index (κ2) is 7.96. The molecular weight excluding hydrogens is 300 g/mol. The summed E-state index contributed by atoms with van der Waals surface area (Å²) in [6.45, 7) is 5.16. The van der Waals surface area contributed by atoms with Crippen LogP contribution in [-0.2, 0) is 29.1 Å². The summed E-state index contributed by atoms with van der Waals surface area (Å²) in [5.41, 5.74) is -0.229. The molecule has 8 nitrogen and oxygen atoms in total. The highest BCUT2D eigenvalue weighted by Crippen LogP contribution is 2.17. The lowest BCUT2D eigenvalue weighted by molar-refractivity contribution is -0.140. The molecule has 0 fully saturated rings. The van der Waals surface area contributed by atoms with Crippen molar-refractivity contribution in [3.63, 3.8) is 0 Å². The largest absolute Gasteiger partial charge is 0.469 e. The number of sulfonamides is 1. The predicted octanol–water partition coefficient (Wildman–Crippen LogP) is -0.452. The van der Waals surface area contributed by atoms with Gasteiger partial charge in [0.05, 0.1) is 25.8 Å². The number of carbonyl (C=O) groups excluding carboxylic acids is 3. The first kappa shape index (κ1) is 19.4. The Bertz CT molecular complexity index is 492. The minimum Gasteiger partial charge on any atom is -0.469 e. The van der Waals surface area contributed by atoms with Crippen LogP contribution < -0.4 is 10.0 Å². The zero-order valence-corrected chi connectivity index (χ0v) is 13.5. The van der Waals surface area contributed by atoms with Crippen LogP contribution in [0.1, 0.15) is 33.6 Å². The average molecular weight is 322 g/mol. The van der Waals surface area contributed by atoms with Crippen LogP contribution >= 0.6 is 0 Å². The zero-order valence-electron chi connectivity index (χ0n) is 12.7. The molecule has 0 saturated heterocycles. The van der Waals surface area contributed by atoms with Gasteiger partial charge < -0.3 is 10.1 Å². The third-order valence-electron chi connectivity index (χ3n) is 2.21. The molecule has 0 heterocycles. The molecule has 0 atom stereocenters. The summed E-state index contributed by atoms with van der Waals surface area (Å²) in [6, 6.07) is 0. The van der Waals surface area contributed by atoms with Crippen LogP contribution in [0.3, 0.4) is 0 Å². The van der Waals surface area contributed by atoms with Crippen molar-refractivity contribution in [2.45, 2.75) is 33.6 Å². The molecule has 2 N–H and O–H groups in total. The number of nitrogens with one attached hydrogen (secondary N) is 2. The lowest BCUT2D eigenvalue weighted by Gasteiger charge is -2.17. The molecule has 9 heteroatoms. The fourth-order valence-corrected chi connectivity index (χ4v) is 2.26. The van der Waals surface area contributed by atoms with Crippen LogP contribution in [0.5, 0.6) is 0 Å². The quantitative estimate of drug-likeness (QED) is 0.613. The maximum atomic E-state index is 11.5. The maximum Gasteiger partial charge on any atom is 0.306 e. The second-order valence-corrected chi connectivity index (χ2v) is 7.53. The fourth-order valence-electron chi connectivity index (χ4n) is 1.30. The minimum atomic E-state index is -3.92. The molecule has 0 unspecified atom stereocenters. The van der Waals surface area contributed by atoms with E-state index < -0.39 is 34.2 Å². The molecule has 122 valence electrons. The first-order valence-corrected chi connectivity index (χ1v) is 7.97. The highest BCUT2D eigenvalue weighted by molar-refractivity contribution is 7.90. The van der Waals surface area contributed by atoms with Crippen LogP contribution in [0.25, 0.3) is 0 Å². The number of ether oxygens (including phenoxy) is 1. The summed E-state index contributed by atoms with van der Waals surface area (Å²) in [7, 11) is -2.78. The second-order valence-electron chi connectivity index (χ2n) is 5.68. The van der Waals surface area contributed by atoms with Gasteiger partial charge in [0, 0.05) is 6.42 Å². The predicted molar refractivity (Wildman–Crippen MR) is 75.6 cm³/mol. The number of esters is 1. The zero-order chi connectivity index (χ0) is 16.7. The Morgan fingerprint density at radius 2 is 1.67 bits per heavy atom. The number of hydrogen-bond acceptors (Lipinski definition) is 6. The topological polar surface area (TPSA) is 119 Å². The van der Waals surface area contributed by atoms with Gasteiger partial charge in [-0.1, -0.05) is 20.8 Å². The molecular formula is C12H22N2O6S. The molecule has 21 heavy (non-hydrogen) atoms. The van der Waals surface area contributed by atoms with Gasteiger partial charge in [0.1, 0.15) is 0 Å². The molecule has 0 saturated carbocycles.